The molecule has 0 bridgehead atoms. The molecule has 0 saturated heterocycles. The van der Waals surface area contributed by atoms with Crippen molar-refractivity contribution in [2.45, 2.75) is 35.6 Å². The predicted molar refractivity (Wildman–Crippen MR) is 86.6 cm³/mol. The zero-order valence-corrected chi connectivity index (χ0v) is 14.0. The highest BCUT2D eigenvalue weighted by Crippen LogP contribution is 2.36. The van der Waals surface area contributed by atoms with Crippen LogP contribution < -0.4 is 5.73 Å². The standard InChI is InChI=1S/C16H16BrF2NS/c1-2-11(20)7-10-8-13(18)16(14(19)9-10)21-15-6-4-3-5-12(15)17/h3-6,8-9,11H,2,7,20H2,1H3. The molecule has 0 saturated carbocycles. The summed E-state index contributed by atoms with van der Waals surface area (Å²) in [6, 6.07) is 10.0. The summed E-state index contributed by atoms with van der Waals surface area (Å²) in [6.45, 7) is 1.95. The van der Waals surface area contributed by atoms with Gasteiger partial charge in [-0.05, 0) is 58.6 Å². The van der Waals surface area contributed by atoms with Gasteiger partial charge in [0, 0.05) is 15.4 Å². The number of benzene rings is 2. The third-order valence-electron chi connectivity index (χ3n) is 3.13. The van der Waals surface area contributed by atoms with Gasteiger partial charge in [0.1, 0.15) is 11.6 Å². The van der Waals surface area contributed by atoms with Gasteiger partial charge in [0.2, 0.25) is 0 Å². The van der Waals surface area contributed by atoms with Crippen LogP contribution in [0.15, 0.2) is 50.7 Å². The third kappa shape index (κ3) is 4.28. The molecular weight excluding hydrogens is 356 g/mol. The van der Waals surface area contributed by atoms with Crippen molar-refractivity contribution in [2.24, 2.45) is 5.73 Å². The molecule has 0 aliphatic heterocycles. The average Bonchev–Trinajstić information content (AvgIpc) is 2.44. The van der Waals surface area contributed by atoms with E-state index in [4.69, 9.17) is 5.73 Å². The maximum atomic E-state index is 14.2. The van der Waals surface area contributed by atoms with Gasteiger partial charge >= 0.3 is 0 Å². The first-order valence-corrected chi connectivity index (χ1v) is 8.28. The molecule has 1 atom stereocenters. The van der Waals surface area contributed by atoms with Crippen molar-refractivity contribution >= 4 is 27.7 Å². The van der Waals surface area contributed by atoms with Crippen LogP contribution in [0.3, 0.4) is 0 Å². The zero-order valence-electron chi connectivity index (χ0n) is 11.6. The monoisotopic (exact) mass is 371 g/mol. The van der Waals surface area contributed by atoms with Gasteiger partial charge in [-0.1, -0.05) is 30.8 Å². The van der Waals surface area contributed by atoms with Crippen LogP contribution >= 0.6 is 27.7 Å². The van der Waals surface area contributed by atoms with Crippen molar-refractivity contribution in [3.63, 3.8) is 0 Å². The Bertz CT molecular complexity index is 610. The lowest BCUT2D eigenvalue weighted by Gasteiger charge is -2.11. The lowest BCUT2D eigenvalue weighted by Crippen LogP contribution is -2.21. The summed E-state index contributed by atoms with van der Waals surface area (Å²) in [5.41, 5.74) is 6.42. The minimum atomic E-state index is -0.547. The molecule has 5 heteroatoms. The Morgan fingerprint density at radius 3 is 2.38 bits per heavy atom. The Kier molecular flexibility index (Phi) is 5.79. The van der Waals surface area contributed by atoms with Crippen molar-refractivity contribution in [3.05, 3.63) is 58.1 Å². The average molecular weight is 372 g/mol. The van der Waals surface area contributed by atoms with Crippen LogP contribution in [0.4, 0.5) is 8.78 Å². The second kappa shape index (κ2) is 7.38. The van der Waals surface area contributed by atoms with Crippen LogP contribution in [0.1, 0.15) is 18.9 Å². The van der Waals surface area contributed by atoms with E-state index in [0.29, 0.717) is 12.0 Å². The molecule has 2 N–H and O–H groups in total. The first-order valence-electron chi connectivity index (χ1n) is 6.67. The van der Waals surface area contributed by atoms with Gasteiger partial charge in [0.15, 0.2) is 0 Å². The smallest absolute Gasteiger partial charge is 0.140 e. The Balaban J connectivity index is 2.27. The van der Waals surface area contributed by atoms with E-state index in [1.165, 1.54) is 12.1 Å². The molecule has 0 radical (unpaired) electrons. The highest BCUT2D eigenvalue weighted by Gasteiger charge is 2.15. The van der Waals surface area contributed by atoms with Crippen molar-refractivity contribution < 1.29 is 8.78 Å². The number of halogens is 3. The summed E-state index contributed by atoms with van der Waals surface area (Å²) >= 11 is 4.45. The lowest BCUT2D eigenvalue weighted by atomic mass is 10.0. The summed E-state index contributed by atoms with van der Waals surface area (Å²) in [5.74, 6) is -1.09. The Morgan fingerprint density at radius 1 is 1.19 bits per heavy atom. The van der Waals surface area contributed by atoms with Crippen LogP contribution in [-0.2, 0) is 6.42 Å². The fraction of sp³-hybridized carbons (Fsp3) is 0.250. The van der Waals surface area contributed by atoms with Crippen LogP contribution in [-0.4, -0.2) is 6.04 Å². The summed E-state index contributed by atoms with van der Waals surface area (Å²) in [5, 5.41) is 0. The molecule has 1 unspecified atom stereocenters. The van der Waals surface area contributed by atoms with Crippen LogP contribution in [0, 0.1) is 11.6 Å². The Labute approximate surface area is 136 Å². The van der Waals surface area contributed by atoms with E-state index in [9.17, 15) is 8.78 Å². The minimum absolute atomic E-state index is 0.00993. The zero-order chi connectivity index (χ0) is 15.4. The van der Waals surface area contributed by atoms with Gasteiger partial charge in [0.25, 0.3) is 0 Å². The topological polar surface area (TPSA) is 26.0 Å². The molecule has 21 heavy (non-hydrogen) atoms. The van der Waals surface area contributed by atoms with E-state index >= 15 is 0 Å². The summed E-state index contributed by atoms with van der Waals surface area (Å²) in [6.07, 6.45) is 1.25. The Morgan fingerprint density at radius 2 is 1.81 bits per heavy atom. The highest BCUT2D eigenvalue weighted by molar-refractivity contribution is 9.10. The van der Waals surface area contributed by atoms with Crippen LogP contribution in [0.5, 0.6) is 0 Å². The van der Waals surface area contributed by atoms with E-state index in [1.54, 1.807) is 0 Å². The molecule has 2 aromatic carbocycles. The maximum absolute atomic E-state index is 14.2. The Hall–Kier alpha value is -0.910. The lowest BCUT2D eigenvalue weighted by molar-refractivity contribution is 0.533. The van der Waals surface area contributed by atoms with E-state index < -0.39 is 11.6 Å². The third-order valence-corrected chi connectivity index (χ3v) is 5.25. The van der Waals surface area contributed by atoms with Gasteiger partial charge in [0.05, 0.1) is 4.90 Å². The van der Waals surface area contributed by atoms with E-state index in [0.717, 1.165) is 27.6 Å². The van der Waals surface area contributed by atoms with Crippen molar-refractivity contribution in [1.29, 1.82) is 0 Å². The fourth-order valence-electron chi connectivity index (χ4n) is 1.91. The molecule has 0 aromatic heterocycles. The molecular formula is C16H16BrF2NS. The molecule has 1 nitrogen and oxygen atoms in total. The molecule has 0 spiro atoms. The normalized spacial score (nSPS) is 12.4. The number of nitrogens with two attached hydrogens (primary N) is 1. The van der Waals surface area contributed by atoms with Crippen molar-refractivity contribution in [3.8, 4) is 0 Å². The number of hydrogen-bond donors (Lipinski definition) is 1. The molecule has 2 aromatic rings. The summed E-state index contributed by atoms with van der Waals surface area (Å²) < 4.78 is 29.1. The van der Waals surface area contributed by atoms with E-state index in [1.807, 2.05) is 31.2 Å². The molecule has 2 rings (SSSR count). The summed E-state index contributed by atoms with van der Waals surface area (Å²) in [4.78, 5) is 0.782. The number of hydrogen-bond acceptors (Lipinski definition) is 2. The maximum Gasteiger partial charge on any atom is 0.140 e. The van der Waals surface area contributed by atoms with Crippen LogP contribution in [0.25, 0.3) is 0 Å². The van der Waals surface area contributed by atoms with Gasteiger partial charge in [-0.25, -0.2) is 8.78 Å². The van der Waals surface area contributed by atoms with Gasteiger partial charge < -0.3 is 5.73 Å². The molecule has 112 valence electrons. The van der Waals surface area contributed by atoms with E-state index in [-0.39, 0.29) is 10.9 Å². The van der Waals surface area contributed by atoms with Crippen molar-refractivity contribution in [2.75, 3.05) is 0 Å². The molecule has 0 aliphatic carbocycles. The minimum Gasteiger partial charge on any atom is -0.327 e. The molecule has 0 aliphatic rings. The number of rotatable bonds is 5. The second-order valence-corrected chi connectivity index (χ2v) is 6.70. The van der Waals surface area contributed by atoms with Gasteiger partial charge in [-0.2, -0.15) is 0 Å². The predicted octanol–water partition coefficient (Wildman–Crippen LogP) is 5.16. The van der Waals surface area contributed by atoms with Crippen molar-refractivity contribution in [1.82, 2.24) is 0 Å². The largest absolute Gasteiger partial charge is 0.327 e. The fourth-order valence-corrected chi connectivity index (χ4v) is 3.28. The second-order valence-electron chi connectivity index (χ2n) is 4.79. The first-order chi connectivity index (χ1) is 10.0. The van der Waals surface area contributed by atoms with E-state index in [2.05, 4.69) is 15.9 Å². The molecule has 0 heterocycles. The van der Waals surface area contributed by atoms with Gasteiger partial charge in [-0.3, -0.25) is 0 Å². The first kappa shape index (κ1) is 16.5. The summed E-state index contributed by atoms with van der Waals surface area (Å²) in [7, 11) is 0. The quantitative estimate of drug-likeness (QED) is 0.785. The molecule has 0 fully saturated rings. The SMILES string of the molecule is CCC(N)Cc1cc(F)c(Sc2ccccc2Br)c(F)c1. The highest BCUT2D eigenvalue weighted by atomic mass is 79.9. The van der Waals surface area contributed by atoms with Gasteiger partial charge in [-0.15, -0.1) is 0 Å². The van der Waals surface area contributed by atoms with Crippen LogP contribution in [0.2, 0.25) is 0 Å². The molecule has 0 amide bonds.